The minimum Gasteiger partial charge on any atom is -0.337 e. The van der Waals surface area contributed by atoms with Crippen molar-refractivity contribution in [1.82, 2.24) is 19.7 Å². The average Bonchev–Trinajstić information content (AvgIpc) is 3.30. The Kier molecular flexibility index (Phi) is 3.43. The van der Waals surface area contributed by atoms with Crippen molar-refractivity contribution in [3.63, 3.8) is 0 Å². The lowest BCUT2D eigenvalue weighted by Crippen LogP contribution is -2.49. The largest absolute Gasteiger partial charge is 0.337 e. The number of aromatic nitrogens is 3. The van der Waals surface area contributed by atoms with E-state index in [2.05, 4.69) is 43.9 Å². The lowest BCUT2D eigenvalue weighted by Gasteiger charge is -2.43. The fourth-order valence-electron chi connectivity index (χ4n) is 5.24. The summed E-state index contributed by atoms with van der Waals surface area (Å²) in [6.45, 7) is 2.39. The Bertz CT molecular complexity index is 806. The van der Waals surface area contributed by atoms with Gasteiger partial charge in [0.1, 0.15) is 12.2 Å². The second-order valence-electron chi connectivity index (χ2n) is 7.97. The first-order valence-electron chi connectivity index (χ1n) is 9.49. The monoisotopic (exact) mass is 336 g/mol. The van der Waals surface area contributed by atoms with Crippen molar-refractivity contribution in [2.24, 2.45) is 5.92 Å². The second-order valence-corrected chi connectivity index (χ2v) is 7.97. The molecule has 0 N–H and O–H groups in total. The molecule has 2 aliphatic heterocycles. The third-order valence-electron chi connectivity index (χ3n) is 6.49. The molecule has 5 heteroatoms. The van der Waals surface area contributed by atoms with Gasteiger partial charge in [0.05, 0.1) is 5.92 Å². The van der Waals surface area contributed by atoms with Gasteiger partial charge in [0.15, 0.2) is 0 Å². The van der Waals surface area contributed by atoms with Gasteiger partial charge in [-0.3, -0.25) is 4.79 Å². The molecule has 1 aromatic heterocycles. The van der Waals surface area contributed by atoms with E-state index in [1.807, 2.05) is 0 Å². The van der Waals surface area contributed by atoms with E-state index in [-0.39, 0.29) is 11.3 Å². The van der Waals surface area contributed by atoms with E-state index in [1.165, 1.54) is 36.8 Å². The predicted molar refractivity (Wildman–Crippen MR) is 93.8 cm³/mol. The standard InChI is InChI=1S/C20H24N4O/c25-19(16-7-8-18-22-21-14-24(18)12-16)23-11-15-5-1-2-6-17(15)20(13-23)9-3-4-10-20/h1-2,5-6,14,16H,3-4,7-13H2. The van der Waals surface area contributed by atoms with Gasteiger partial charge in [-0.25, -0.2) is 0 Å². The number of aryl methyl sites for hydroxylation is 1. The van der Waals surface area contributed by atoms with Crippen molar-refractivity contribution in [3.8, 4) is 0 Å². The van der Waals surface area contributed by atoms with E-state index in [0.717, 1.165) is 38.3 Å². The molecular weight excluding hydrogens is 312 g/mol. The molecule has 3 aliphatic rings. The molecule has 130 valence electrons. The maximum atomic E-state index is 13.3. The normalized spacial score (nSPS) is 24.2. The highest BCUT2D eigenvalue weighted by atomic mass is 16.2. The van der Waals surface area contributed by atoms with Crippen LogP contribution in [0.4, 0.5) is 0 Å². The van der Waals surface area contributed by atoms with Crippen molar-refractivity contribution < 1.29 is 4.79 Å². The Labute approximate surface area is 148 Å². The van der Waals surface area contributed by atoms with Crippen molar-refractivity contribution in [2.75, 3.05) is 6.54 Å². The molecule has 2 aromatic rings. The highest BCUT2D eigenvalue weighted by Crippen LogP contribution is 2.46. The topological polar surface area (TPSA) is 51.0 Å². The fourth-order valence-corrected chi connectivity index (χ4v) is 5.24. The van der Waals surface area contributed by atoms with Gasteiger partial charge in [0, 0.05) is 31.5 Å². The molecule has 1 aliphatic carbocycles. The summed E-state index contributed by atoms with van der Waals surface area (Å²) in [4.78, 5) is 15.5. The summed E-state index contributed by atoms with van der Waals surface area (Å²) in [6, 6.07) is 8.78. The predicted octanol–water partition coefficient (Wildman–Crippen LogP) is 2.69. The number of amides is 1. The lowest BCUT2D eigenvalue weighted by atomic mass is 9.73. The Morgan fingerprint density at radius 1 is 1.20 bits per heavy atom. The summed E-state index contributed by atoms with van der Waals surface area (Å²) in [5, 5.41) is 8.12. The quantitative estimate of drug-likeness (QED) is 0.804. The van der Waals surface area contributed by atoms with Crippen molar-refractivity contribution in [3.05, 3.63) is 47.5 Å². The van der Waals surface area contributed by atoms with E-state index in [9.17, 15) is 4.79 Å². The molecule has 5 rings (SSSR count). The van der Waals surface area contributed by atoms with Crippen LogP contribution in [0.2, 0.25) is 0 Å². The molecule has 1 fully saturated rings. The zero-order valence-electron chi connectivity index (χ0n) is 14.5. The summed E-state index contributed by atoms with van der Waals surface area (Å²) in [5.74, 6) is 1.40. The first-order chi connectivity index (χ1) is 12.3. The van der Waals surface area contributed by atoms with Gasteiger partial charge in [0.25, 0.3) is 0 Å². The van der Waals surface area contributed by atoms with Crippen LogP contribution in [-0.2, 0) is 29.7 Å². The van der Waals surface area contributed by atoms with E-state index in [0.29, 0.717) is 5.91 Å². The van der Waals surface area contributed by atoms with Crippen molar-refractivity contribution in [2.45, 2.75) is 57.0 Å². The smallest absolute Gasteiger partial charge is 0.227 e. The van der Waals surface area contributed by atoms with E-state index in [1.54, 1.807) is 6.33 Å². The number of hydrogen-bond donors (Lipinski definition) is 0. The summed E-state index contributed by atoms with van der Waals surface area (Å²) < 4.78 is 2.05. The van der Waals surface area contributed by atoms with Gasteiger partial charge in [-0.2, -0.15) is 0 Å². The molecule has 1 amide bonds. The maximum absolute atomic E-state index is 13.3. The van der Waals surface area contributed by atoms with Crippen LogP contribution < -0.4 is 0 Å². The first-order valence-corrected chi connectivity index (χ1v) is 9.49. The van der Waals surface area contributed by atoms with E-state index < -0.39 is 0 Å². The maximum Gasteiger partial charge on any atom is 0.227 e. The third-order valence-corrected chi connectivity index (χ3v) is 6.49. The van der Waals surface area contributed by atoms with E-state index >= 15 is 0 Å². The van der Waals surface area contributed by atoms with Crippen LogP contribution in [0.25, 0.3) is 0 Å². The lowest BCUT2D eigenvalue weighted by molar-refractivity contribution is -0.138. The summed E-state index contributed by atoms with van der Waals surface area (Å²) in [7, 11) is 0. The number of carbonyl (C=O) groups is 1. The molecule has 0 bridgehead atoms. The van der Waals surface area contributed by atoms with Gasteiger partial charge >= 0.3 is 0 Å². The van der Waals surface area contributed by atoms with Gasteiger partial charge < -0.3 is 9.47 Å². The summed E-state index contributed by atoms with van der Waals surface area (Å²) >= 11 is 0. The van der Waals surface area contributed by atoms with Crippen LogP contribution in [0, 0.1) is 5.92 Å². The molecule has 3 heterocycles. The SMILES string of the molecule is O=C(C1CCc2nncn2C1)N1Cc2ccccc2C2(CCCC2)C1. The molecule has 1 unspecified atom stereocenters. The van der Waals surface area contributed by atoms with Gasteiger partial charge in [0.2, 0.25) is 5.91 Å². The fraction of sp³-hybridized carbons (Fsp3) is 0.550. The highest BCUT2D eigenvalue weighted by Gasteiger charge is 2.43. The highest BCUT2D eigenvalue weighted by molar-refractivity contribution is 5.79. The van der Waals surface area contributed by atoms with Crippen LogP contribution >= 0.6 is 0 Å². The molecule has 1 saturated carbocycles. The Balaban J connectivity index is 1.42. The molecule has 1 atom stereocenters. The molecule has 0 saturated heterocycles. The zero-order valence-corrected chi connectivity index (χ0v) is 14.5. The minimum atomic E-state index is 0.0622. The summed E-state index contributed by atoms with van der Waals surface area (Å²) in [5.41, 5.74) is 3.05. The molecule has 5 nitrogen and oxygen atoms in total. The van der Waals surface area contributed by atoms with Gasteiger partial charge in [-0.05, 0) is 30.4 Å². The van der Waals surface area contributed by atoms with Crippen LogP contribution in [0.1, 0.15) is 49.1 Å². The Hall–Kier alpha value is -2.17. The second kappa shape index (κ2) is 5.68. The van der Waals surface area contributed by atoms with E-state index in [4.69, 9.17) is 0 Å². The molecule has 1 aromatic carbocycles. The molecule has 1 spiro atoms. The van der Waals surface area contributed by atoms with Crippen LogP contribution in [0.5, 0.6) is 0 Å². The van der Waals surface area contributed by atoms with Crippen LogP contribution in [-0.4, -0.2) is 32.1 Å². The van der Waals surface area contributed by atoms with Crippen molar-refractivity contribution in [1.29, 1.82) is 0 Å². The third kappa shape index (κ3) is 2.40. The number of rotatable bonds is 1. The first kappa shape index (κ1) is 15.1. The molecule has 0 radical (unpaired) electrons. The number of benzene rings is 1. The van der Waals surface area contributed by atoms with Crippen LogP contribution in [0.15, 0.2) is 30.6 Å². The number of nitrogens with zero attached hydrogens (tertiary/aromatic N) is 4. The molecular formula is C20H24N4O. The number of fused-ring (bicyclic) bond motifs is 3. The Morgan fingerprint density at radius 3 is 2.92 bits per heavy atom. The van der Waals surface area contributed by atoms with Gasteiger partial charge in [-0.15, -0.1) is 10.2 Å². The van der Waals surface area contributed by atoms with Crippen molar-refractivity contribution >= 4 is 5.91 Å². The Morgan fingerprint density at radius 2 is 2.04 bits per heavy atom. The van der Waals surface area contributed by atoms with Crippen LogP contribution in [0.3, 0.4) is 0 Å². The average molecular weight is 336 g/mol. The number of carbonyl (C=O) groups excluding carboxylic acids is 1. The molecule has 25 heavy (non-hydrogen) atoms. The minimum absolute atomic E-state index is 0.0622. The summed E-state index contributed by atoms with van der Waals surface area (Å²) in [6.07, 6.45) is 8.50. The number of hydrogen-bond acceptors (Lipinski definition) is 3. The van der Waals surface area contributed by atoms with Gasteiger partial charge in [-0.1, -0.05) is 37.1 Å². The zero-order chi connectivity index (χ0) is 16.9.